The Morgan fingerprint density at radius 3 is 2.40 bits per heavy atom. The zero-order valence-electron chi connectivity index (χ0n) is 7.85. The Labute approximate surface area is 84.3 Å². The second-order valence-corrected chi connectivity index (χ2v) is 2.89. The van der Waals surface area contributed by atoms with Crippen LogP contribution in [0.4, 0.5) is 23.7 Å². The van der Waals surface area contributed by atoms with E-state index in [1.165, 1.54) is 6.07 Å². The first kappa shape index (κ1) is 11.4. The summed E-state index contributed by atoms with van der Waals surface area (Å²) in [6, 6.07) is 5.25. The van der Waals surface area contributed by atoms with Crippen LogP contribution in [0.5, 0.6) is 0 Å². The summed E-state index contributed by atoms with van der Waals surface area (Å²) in [6.07, 6.45) is -4.72. The summed E-state index contributed by atoms with van der Waals surface area (Å²) in [5.41, 5.74) is 1.04. The van der Waals surface area contributed by atoms with Crippen molar-refractivity contribution in [1.29, 1.82) is 0 Å². The normalized spacial score (nSPS) is 10.9. The fourth-order valence-corrected chi connectivity index (χ4v) is 0.995. The number of hydrogen-bond donors (Lipinski definition) is 2. The van der Waals surface area contributed by atoms with Gasteiger partial charge in [0.05, 0.1) is 0 Å². The minimum Gasteiger partial charge on any atom is -0.308 e. The summed E-state index contributed by atoms with van der Waals surface area (Å²) in [6.45, 7) is 1.68. The Balaban J connectivity index is 2.64. The van der Waals surface area contributed by atoms with Crippen molar-refractivity contribution in [1.82, 2.24) is 5.32 Å². The summed E-state index contributed by atoms with van der Waals surface area (Å²) >= 11 is 0. The van der Waals surface area contributed by atoms with Gasteiger partial charge in [0, 0.05) is 5.69 Å². The van der Waals surface area contributed by atoms with Crippen molar-refractivity contribution < 1.29 is 18.0 Å². The highest BCUT2D eigenvalue weighted by Crippen LogP contribution is 2.14. The monoisotopic (exact) mass is 218 g/mol. The molecule has 0 fully saturated rings. The quantitative estimate of drug-likeness (QED) is 0.699. The van der Waals surface area contributed by atoms with Gasteiger partial charge < -0.3 is 5.32 Å². The molecule has 0 atom stereocenters. The number of halogens is 3. The second-order valence-electron chi connectivity index (χ2n) is 2.89. The van der Waals surface area contributed by atoms with Crippen LogP contribution >= 0.6 is 0 Å². The van der Waals surface area contributed by atoms with Crippen molar-refractivity contribution in [3.63, 3.8) is 0 Å². The number of carbonyl (C=O) groups is 1. The van der Waals surface area contributed by atoms with Crippen molar-refractivity contribution in [3.05, 3.63) is 29.8 Å². The predicted octanol–water partition coefficient (Wildman–Crippen LogP) is 2.64. The van der Waals surface area contributed by atoms with Crippen LogP contribution in [0.1, 0.15) is 5.56 Å². The molecule has 6 heteroatoms. The first-order valence-corrected chi connectivity index (χ1v) is 4.10. The first-order chi connectivity index (χ1) is 6.88. The maximum absolute atomic E-state index is 11.7. The lowest BCUT2D eigenvalue weighted by Crippen LogP contribution is -2.40. The molecule has 0 unspecified atom stereocenters. The maximum atomic E-state index is 11.7. The molecule has 0 bridgehead atoms. The molecule has 0 aliphatic heterocycles. The van der Waals surface area contributed by atoms with Gasteiger partial charge in [-0.25, -0.2) is 10.1 Å². The van der Waals surface area contributed by atoms with Crippen molar-refractivity contribution in [2.75, 3.05) is 5.32 Å². The van der Waals surface area contributed by atoms with Crippen LogP contribution in [0.15, 0.2) is 24.3 Å². The number of anilines is 1. The van der Waals surface area contributed by atoms with Gasteiger partial charge in [0.1, 0.15) is 0 Å². The van der Waals surface area contributed by atoms with E-state index in [4.69, 9.17) is 0 Å². The molecule has 82 valence electrons. The van der Waals surface area contributed by atoms with E-state index in [-0.39, 0.29) is 0 Å². The van der Waals surface area contributed by atoms with Crippen LogP contribution in [0, 0.1) is 6.92 Å². The van der Waals surface area contributed by atoms with E-state index in [0.29, 0.717) is 11.3 Å². The van der Waals surface area contributed by atoms with E-state index in [1.807, 2.05) is 0 Å². The lowest BCUT2D eigenvalue weighted by atomic mass is 10.2. The Hall–Kier alpha value is -1.72. The summed E-state index contributed by atoms with van der Waals surface area (Å²) in [4.78, 5) is 10.8. The number of nitrogens with one attached hydrogen (secondary N) is 2. The van der Waals surface area contributed by atoms with Gasteiger partial charge in [0.25, 0.3) is 0 Å². The third kappa shape index (κ3) is 3.88. The Morgan fingerprint density at radius 1 is 1.27 bits per heavy atom. The number of aryl methyl sites for hydroxylation is 1. The van der Waals surface area contributed by atoms with Crippen LogP contribution < -0.4 is 10.6 Å². The van der Waals surface area contributed by atoms with Crippen molar-refractivity contribution in [2.24, 2.45) is 0 Å². The number of amides is 2. The highest BCUT2D eigenvalue weighted by Gasteiger charge is 2.30. The van der Waals surface area contributed by atoms with E-state index in [9.17, 15) is 18.0 Å². The second kappa shape index (κ2) is 4.20. The average Bonchev–Trinajstić information content (AvgIpc) is 2.05. The van der Waals surface area contributed by atoms with E-state index in [1.54, 1.807) is 25.1 Å². The third-order valence-corrected chi connectivity index (χ3v) is 1.65. The molecule has 0 aliphatic rings. The van der Waals surface area contributed by atoms with Crippen LogP contribution in [0.25, 0.3) is 0 Å². The highest BCUT2D eigenvalue weighted by molar-refractivity contribution is 5.90. The Bertz CT molecular complexity index is 363. The van der Waals surface area contributed by atoms with E-state index in [0.717, 1.165) is 5.32 Å². The summed E-state index contributed by atoms with van der Waals surface area (Å²) in [7, 11) is 0. The van der Waals surface area contributed by atoms with Gasteiger partial charge in [0.2, 0.25) is 0 Å². The Kier molecular flexibility index (Phi) is 3.18. The smallest absolute Gasteiger partial charge is 0.308 e. The van der Waals surface area contributed by atoms with Crippen molar-refractivity contribution in [3.8, 4) is 0 Å². The van der Waals surface area contributed by atoms with Crippen molar-refractivity contribution >= 4 is 11.7 Å². The molecule has 0 heterocycles. The number of urea groups is 1. The molecule has 0 saturated carbocycles. The molecule has 2 N–H and O–H groups in total. The molecule has 1 rings (SSSR count). The van der Waals surface area contributed by atoms with Gasteiger partial charge in [-0.3, -0.25) is 0 Å². The number of rotatable bonds is 1. The average molecular weight is 218 g/mol. The van der Waals surface area contributed by atoms with Crippen molar-refractivity contribution in [2.45, 2.75) is 13.2 Å². The van der Waals surface area contributed by atoms with Gasteiger partial charge in [-0.2, -0.15) is 13.2 Å². The number of benzene rings is 1. The van der Waals surface area contributed by atoms with Crippen LogP contribution in [-0.4, -0.2) is 12.3 Å². The largest absolute Gasteiger partial charge is 0.485 e. The number of hydrogen-bond acceptors (Lipinski definition) is 1. The van der Waals surface area contributed by atoms with Gasteiger partial charge in [-0.1, -0.05) is 18.2 Å². The standard InChI is InChI=1S/C9H9F3N2O/c1-6-4-2-3-5-7(6)13-8(15)14-9(10,11)12/h2-5H,1H3,(H2,13,14,15). The molecule has 0 aromatic heterocycles. The minimum absolute atomic E-state index is 0.347. The third-order valence-electron chi connectivity index (χ3n) is 1.65. The first-order valence-electron chi connectivity index (χ1n) is 4.10. The lowest BCUT2D eigenvalue weighted by Gasteiger charge is -2.11. The fourth-order valence-electron chi connectivity index (χ4n) is 0.995. The fraction of sp³-hybridized carbons (Fsp3) is 0.222. The molecule has 0 saturated heterocycles. The molecule has 15 heavy (non-hydrogen) atoms. The summed E-state index contributed by atoms with van der Waals surface area (Å²) in [5.74, 6) is 0. The minimum atomic E-state index is -4.72. The topological polar surface area (TPSA) is 41.1 Å². The number of para-hydroxylation sites is 1. The molecule has 2 amide bonds. The zero-order chi connectivity index (χ0) is 11.5. The molecule has 1 aromatic rings. The number of alkyl halides is 3. The van der Waals surface area contributed by atoms with Gasteiger partial charge >= 0.3 is 12.3 Å². The molecule has 0 radical (unpaired) electrons. The number of carbonyl (C=O) groups excluding carboxylic acids is 1. The summed E-state index contributed by atoms with van der Waals surface area (Å²) in [5, 5.41) is 2.94. The molecule has 3 nitrogen and oxygen atoms in total. The van der Waals surface area contributed by atoms with Gasteiger partial charge in [-0.15, -0.1) is 0 Å². The molecule has 0 spiro atoms. The highest BCUT2D eigenvalue weighted by atomic mass is 19.4. The SMILES string of the molecule is Cc1ccccc1NC(=O)NC(F)(F)F. The van der Waals surface area contributed by atoms with Crippen LogP contribution in [-0.2, 0) is 0 Å². The van der Waals surface area contributed by atoms with Gasteiger partial charge in [0.15, 0.2) is 0 Å². The molecular weight excluding hydrogens is 209 g/mol. The predicted molar refractivity (Wildman–Crippen MR) is 49.4 cm³/mol. The Morgan fingerprint density at radius 2 is 1.87 bits per heavy atom. The van der Waals surface area contributed by atoms with Gasteiger partial charge in [-0.05, 0) is 18.6 Å². The zero-order valence-corrected chi connectivity index (χ0v) is 7.85. The van der Waals surface area contributed by atoms with Crippen LogP contribution in [0.2, 0.25) is 0 Å². The van der Waals surface area contributed by atoms with E-state index < -0.39 is 12.3 Å². The van der Waals surface area contributed by atoms with E-state index >= 15 is 0 Å². The van der Waals surface area contributed by atoms with E-state index in [2.05, 4.69) is 5.32 Å². The van der Waals surface area contributed by atoms with Crippen LogP contribution in [0.3, 0.4) is 0 Å². The molecular formula is C9H9F3N2O. The molecule has 1 aromatic carbocycles. The lowest BCUT2D eigenvalue weighted by molar-refractivity contribution is -0.144. The molecule has 0 aliphatic carbocycles. The maximum Gasteiger partial charge on any atom is 0.485 e. The summed E-state index contributed by atoms with van der Waals surface area (Å²) < 4.78 is 35.2.